The molecule has 1 heterocycles. The molecule has 0 unspecified atom stereocenters. The predicted octanol–water partition coefficient (Wildman–Crippen LogP) is 5.30. The summed E-state index contributed by atoms with van der Waals surface area (Å²) in [6, 6.07) is 21.1. The molecule has 0 aromatic heterocycles. The van der Waals surface area contributed by atoms with E-state index >= 15 is 0 Å². The maximum absolute atomic E-state index is 12.8. The highest BCUT2D eigenvalue weighted by Crippen LogP contribution is 2.34. The number of fused-ring (bicyclic) bond motifs is 1. The van der Waals surface area contributed by atoms with Gasteiger partial charge in [0.2, 0.25) is 0 Å². The molecule has 0 saturated carbocycles. The van der Waals surface area contributed by atoms with Crippen molar-refractivity contribution in [2.24, 2.45) is 0 Å². The molecule has 2 amide bonds. The van der Waals surface area contributed by atoms with Gasteiger partial charge in [-0.15, -0.1) is 0 Å². The Kier molecular flexibility index (Phi) is 5.76. The van der Waals surface area contributed by atoms with E-state index in [0.717, 1.165) is 16.8 Å². The Labute approximate surface area is 182 Å². The molecule has 0 spiro atoms. The van der Waals surface area contributed by atoms with Crippen molar-refractivity contribution >= 4 is 23.2 Å². The summed E-state index contributed by atoms with van der Waals surface area (Å²) in [6.45, 7) is 6.71. The molecule has 0 saturated heterocycles. The molecule has 5 nitrogen and oxygen atoms in total. The number of amides is 2. The number of carbonyl (C=O) groups excluding carboxylic acids is 2. The summed E-state index contributed by atoms with van der Waals surface area (Å²) in [5, 5.41) is 2.93. The Balaban J connectivity index is 1.56. The number of anilines is 2. The van der Waals surface area contributed by atoms with Gasteiger partial charge in [0.25, 0.3) is 11.8 Å². The maximum atomic E-state index is 12.8. The summed E-state index contributed by atoms with van der Waals surface area (Å²) in [5.41, 5.74) is 5.22. The standard InChI is InChI=1S/C26H26N2O3/c1-17(2)20-8-11-22(12-9-20)27-26(30)21-10-13-24-23(14-21)28(25(29)16-31-24)15-19-6-4-18(3)5-7-19/h4-14,17H,15-16H2,1-3H3,(H,27,30). The highest BCUT2D eigenvalue weighted by molar-refractivity contribution is 6.06. The molecule has 1 aliphatic heterocycles. The first-order valence-electron chi connectivity index (χ1n) is 10.4. The van der Waals surface area contributed by atoms with Crippen LogP contribution in [-0.2, 0) is 11.3 Å². The summed E-state index contributed by atoms with van der Waals surface area (Å²) in [7, 11) is 0. The average molecular weight is 415 g/mol. The molecule has 4 rings (SSSR count). The Morgan fingerprint density at radius 2 is 1.74 bits per heavy atom. The van der Waals surface area contributed by atoms with Gasteiger partial charge < -0.3 is 15.0 Å². The van der Waals surface area contributed by atoms with Gasteiger partial charge in [0, 0.05) is 11.3 Å². The van der Waals surface area contributed by atoms with Crippen LogP contribution in [0.5, 0.6) is 5.75 Å². The van der Waals surface area contributed by atoms with Gasteiger partial charge in [-0.05, 0) is 54.3 Å². The second-order valence-electron chi connectivity index (χ2n) is 8.17. The van der Waals surface area contributed by atoms with Crippen LogP contribution in [0.4, 0.5) is 11.4 Å². The first-order valence-corrected chi connectivity index (χ1v) is 10.4. The lowest BCUT2D eigenvalue weighted by molar-refractivity contribution is -0.121. The number of benzene rings is 3. The highest BCUT2D eigenvalue weighted by atomic mass is 16.5. The number of nitrogens with zero attached hydrogens (tertiary/aromatic N) is 1. The minimum absolute atomic E-state index is 0.00734. The SMILES string of the molecule is Cc1ccc(CN2C(=O)COc3ccc(C(=O)Nc4ccc(C(C)C)cc4)cc32)cc1. The van der Waals surface area contributed by atoms with Crippen molar-refractivity contribution in [3.63, 3.8) is 0 Å². The zero-order valence-corrected chi connectivity index (χ0v) is 18.0. The van der Waals surface area contributed by atoms with E-state index in [1.165, 1.54) is 5.56 Å². The van der Waals surface area contributed by atoms with E-state index in [4.69, 9.17) is 4.74 Å². The fourth-order valence-electron chi connectivity index (χ4n) is 3.55. The summed E-state index contributed by atoms with van der Waals surface area (Å²) in [4.78, 5) is 27.1. The summed E-state index contributed by atoms with van der Waals surface area (Å²) in [5.74, 6) is 0.676. The number of nitrogens with one attached hydrogen (secondary N) is 1. The Morgan fingerprint density at radius 3 is 2.42 bits per heavy atom. The van der Waals surface area contributed by atoms with Crippen molar-refractivity contribution in [3.05, 3.63) is 89.0 Å². The lowest BCUT2D eigenvalue weighted by atomic mass is 10.0. The summed E-state index contributed by atoms with van der Waals surface area (Å²) >= 11 is 0. The third kappa shape index (κ3) is 4.61. The van der Waals surface area contributed by atoms with Crippen LogP contribution in [-0.4, -0.2) is 18.4 Å². The summed E-state index contributed by atoms with van der Waals surface area (Å²) in [6.07, 6.45) is 0. The topological polar surface area (TPSA) is 58.6 Å². The molecule has 0 bridgehead atoms. The normalized spacial score (nSPS) is 13.0. The molecule has 158 valence electrons. The van der Waals surface area contributed by atoms with Crippen molar-refractivity contribution in [2.75, 3.05) is 16.8 Å². The fraction of sp³-hybridized carbons (Fsp3) is 0.231. The summed E-state index contributed by atoms with van der Waals surface area (Å²) < 4.78 is 5.59. The lowest BCUT2D eigenvalue weighted by Crippen LogP contribution is -2.38. The maximum Gasteiger partial charge on any atom is 0.265 e. The quantitative estimate of drug-likeness (QED) is 0.617. The van der Waals surface area contributed by atoms with E-state index in [1.54, 1.807) is 23.1 Å². The van der Waals surface area contributed by atoms with Gasteiger partial charge in [0.05, 0.1) is 12.2 Å². The van der Waals surface area contributed by atoms with Gasteiger partial charge in [0.15, 0.2) is 6.61 Å². The number of aryl methyl sites for hydroxylation is 1. The predicted molar refractivity (Wildman–Crippen MR) is 123 cm³/mol. The molecule has 3 aromatic carbocycles. The molecule has 3 aromatic rings. The van der Waals surface area contributed by atoms with E-state index < -0.39 is 0 Å². The smallest absolute Gasteiger partial charge is 0.265 e. The molecular weight excluding hydrogens is 388 g/mol. The van der Waals surface area contributed by atoms with Crippen LogP contribution < -0.4 is 15.0 Å². The van der Waals surface area contributed by atoms with Crippen LogP contribution in [0.25, 0.3) is 0 Å². The van der Waals surface area contributed by atoms with Gasteiger partial charge in [-0.2, -0.15) is 0 Å². The Hall–Kier alpha value is -3.60. The highest BCUT2D eigenvalue weighted by Gasteiger charge is 2.26. The van der Waals surface area contributed by atoms with E-state index in [9.17, 15) is 9.59 Å². The van der Waals surface area contributed by atoms with Crippen LogP contribution >= 0.6 is 0 Å². The van der Waals surface area contributed by atoms with Gasteiger partial charge >= 0.3 is 0 Å². The first kappa shape index (κ1) is 20.7. The zero-order chi connectivity index (χ0) is 22.0. The number of rotatable bonds is 5. The molecular formula is C26H26N2O3. The largest absolute Gasteiger partial charge is 0.482 e. The molecule has 0 radical (unpaired) electrons. The van der Waals surface area contributed by atoms with Crippen molar-refractivity contribution in [1.29, 1.82) is 0 Å². The van der Waals surface area contributed by atoms with Crippen LogP contribution in [0.15, 0.2) is 66.7 Å². The van der Waals surface area contributed by atoms with E-state index in [2.05, 4.69) is 19.2 Å². The van der Waals surface area contributed by atoms with Crippen molar-refractivity contribution in [1.82, 2.24) is 0 Å². The molecule has 0 fully saturated rings. The minimum atomic E-state index is -0.228. The molecule has 1 N–H and O–H groups in total. The minimum Gasteiger partial charge on any atom is -0.482 e. The van der Waals surface area contributed by atoms with Crippen molar-refractivity contribution < 1.29 is 14.3 Å². The Bertz CT molecular complexity index is 1100. The molecule has 0 atom stereocenters. The van der Waals surface area contributed by atoms with Crippen LogP contribution in [0, 0.1) is 6.92 Å². The number of carbonyl (C=O) groups is 2. The second-order valence-corrected chi connectivity index (χ2v) is 8.17. The van der Waals surface area contributed by atoms with Crippen LogP contribution in [0.3, 0.4) is 0 Å². The van der Waals surface area contributed by atoms with Crippen LogP contribution in [0.2, 0.25) is 0 Å². The second kappa shape index (κ2) is 8.64. The molecule has 31 heavy (non-hydrogen) atoms. The molecule has 0 aliphatic carbocycles. The van der Waals surface area contributed by atoms with E-state index in [-0.39, 0.29) is 18.4 Å². The van der Waals surface area contributed by atoms with Crippen molar-refractivity contribution in [3.8, 4) is 5.75 Å². The number of hydrogen-bond acceptors (Lipinski definition) is 3. The Morgan fingerprint density at radius 1 is 1.03 bits per heavy atom. The van der Waals surface area contributed by atoms with Crippen LogP contribution in [0.1, 0.15) is 46.8 Å². The number of hydrogen-bond donors (Lipinski definition) is 1. The van der Waals surface area contributed by atoms with Gasteiger partial charge in [-0.3, -0.25) is 9.59 Å². The third-order valence-electron chi connectivity index (χ3n) is 5.46. The zero-order valence-electron chi connectivity index (χ0n) is 18.0. The van der Waals surface area contributed by atoms with E-state index in [1.807, 2.05) is 55.5 Å². The van der Waals surface area contributed by atoms with E-state index in [0.29, 0.717) is 29.5 Å². The monoisotopic (exact) mass is 414 g/mol. The van der Waals surface area contributed by atoms with Gasteiger partial charge in [0.1, 0.15) is 5.75 Å². The number of ether oxygens (including phenoxy) is 1. The van der Waals surface area contributed by atoms with Gasteiger partial charge in [-0.1, -0.05) is 55.8 Å². The lowest BCUT2D eigenvalue weighted by Gasteiger charge is -2.30. The van der Waals surface area contributed by atoms with Gasteiger partial charge in [-0.25, -0.2) is 0 Å². The molecule has 5 heteroatoms. The molecule has 1 aliphatic rings. The first-order chi connectivity index (χ1) is 14.9. The fourth-order valence-corrected chi connectivity index (χ4v) is 3.55. The average Bonchev–Trinajstić information content (AvgIpc) is 2.77. The van der Waals surface area contributed by atoms with Crippen molar-refractivity contribution in [2.45, 2.75) is 33.2 Å². The third-order valence-corrected chi connectivity index (χ3v) is 5.46.